The van der Waals surface area contributed by atoms with E-state index in [2.05, 4.69) is 41.5 Å². The van der Waals surface area contributed by atoms with Crippen LogP contribution in [0.3, 0.4) is 0 Å². The summed E-state index contributed by atoms with van der Waals surface area (Å²) in [4.78, 5) is 26.8. The Hall–Kier alpha value is -4.57. The smallest absolute Gasteiger partial charge is 0.387 e. The van der Waals surface area contributed by atoms with Crippen molar-refractivity contribution in [1.82, 2.24) is 15.1 Å². The molecule has 3 aromatic carbocycles. The zero-order valence-electron chi connectivity index (χ0n) is 26.6. The maximum Gasteiger partial charge on any atom is 0.387 e. The number of alkyl halides is 2. The maximum atomic E-state index is 13.4. The number of halogens is 2. The van der Waals surface area contributed by atoms with Crippen molar-refractivity contribution in [2.75, 3.05) is 23.7 Å². The molecule has 0 bridgehead atoms. The molecule has 8 nitrogen and oxygen atoms in total. The van der Waals surface area contributed by atoms with Crippen LogP contribution in [0.1, 0.15) is 73.1 Å². The van der Waals surface area contributed by atoms with Crippen LogP contribution in [0.2, 0.25) is 0 Å². The summed E-state index contributed by atoms with van der Waals surface area (Å²) in [6.45, 7) is 7.04. The zero-order valence-corrected chi connectivity index (χ0v) is 26.6. The number of nitrogens with zero attached hydrogens (tertiary/aromatic N) is 2. The minimum Gasteiger partial charge on any atom is -0.435 e. The van der Waals surface area contributed by atoms with E-state index in [0.717, 1.165) is 48.4 Å². The van der Waals surface area contributed by atoms with E-state index in [9.17, 15) is 18.4 Å². The van der Waals surface area contributed by atoms with Crippen LogP contribution in [0.4, 0.5) is 25.1 Å². The van der Waals surface area contributed by atoms with Gasteiger partial charge in [-0.25, -0.2) is 9.48 Å². The quantitative estimate of drug-likeness (QED) is 0.154. The van der Waals surface area contributed by atoms with Crippen LogP contribution in [-0.4, -0.2) is 41.3 Å². The number of amides is 2. The van der Waals surface area contributed by atoms with Crippen LogP contribution >= 0.6 is 0 Å². The molecule has 46 heavy (non-hydrogen) atoms. The summed E-state index contributed by atoms with van der Waals surface area (Å²) in [5.74, 6) is 0.645. The third-order valence-corrected chi connectivity index (χ3v) is 8.33. The van der Waals surface area contributed by atoms with Crippen LogP contribution in [-0.2, 0) is 5.41 Å². The van der Waals surface area contributed by atoms with Gasteiger partial charge in [-0.2, -0.15) is 13.9 Å². The van der Waals surface area contributed by atoms with Crippen molar-refractivity contribution in [1.29, 1.82) is 0 Å². The number of rotatable bonds is 10. The van der Waals surface area contributed by atoms with Gasteiger partial charge in [-0.15, -0.1) is 0 Å². The summed E-state index contributed by atoms with van der Waals surface area (Å²) in [6, 6.07) is 22.9. The Bertz CT molecular complexity index is 1640. The number of carbonyl (C=O) groups excluding carboxylic acids is 2. The molecule has 10 heteroatoms. The Labute approximate surface area is 268 Å². The average molecular weight is 630 g/mol. The molecule has 1 unspecified atom stereocenters. The summed E-state index contributed by atoms with van der Waals surface area (Å²) >= 11 is 0. The minimum atomic E-state index is -2.93. The molecule has 2 amide bonds. The molecular formula is C36H41F2N5O3. The summed E-state index contributed by atoms with van der Waals surface area (Å²) in [6.07, 6.45) is 2.08. The van der Waals surface area contributed by atoms with Crippen molar-refractivity contribution in [2.24, 2.45) is 5.92 Å². The molecule has 242 valence electrons. The van der Waals surface area contributed by atoms with Crippen molar-refractivity contribution in [3.8, 4) is 11.4 Å². The van der Waals surface area contributed by atoms with Crippen molar-refractivity contribution in [3.05, 3.63) is 101 Å². The number of ether oxygens (including phenoxy) is 1. The first-order chi connectivity index (χ1) is 22.0. The Morgan fingerprint density at radius 2 is 1.67 bits per heavy atom. The number of anilines is 2. The highest BCUT2D eigenvalue weighted by Gasteiger charge is 2.28. The molecule has 0 aliphatic carbocycles. The molecule has 1 fully saturated rings. The number of benzene rings is 3. The van der Waals surface area contributed by atoms with Gasteiger partial charge < -0.3 is 15.4 Å². The molecule has 5 rings (SSSR count). The Morgan fingerprint density at radius 1 is 0.978 bits per heavy atom. The first-order valence-electron chi connectivity index (χ1n) is 15.6. The highest BCUT2D eigenvalue weighted by atomic mass is 19.3. The van der Waals surface area contributed by atoms with Gasteiger partial charge in [-0.1, -0.05) is 50.6 Å². The van der Waals surface area contributed by atoms with Gasteiger partial charge >= 0.3 is 12.6 Å². The summed E-state index contributed by atoms with van der Waals surface area (Å²) in [5, 5.41) is 14.1. The van der Waals surface area contributed by atoms with E-state index >= 15 is 0 Å². The van der Waals surface area contributed by atoms with E-state index in [-0.39, 0.29) is 35.2 Å². The Kier molecular flexibility index (Phi) is 10.2. The van der Waals surface area contributed by atoms with E-state index in [1.807, 2.05) is 61.5 Å². The molecular weight excluding hydrogens is 588 g/mol. The molecule has 0 radical (unpaired) electrons. The topological polar surface area (TPSA) is 97.3 Å². The molecule has 1 saturated heterocycles. The normalized spacial score (nSPS) is 14.6. The standard InChI is InChI=1S/C36H41F2N5O3/c1-23-8-12-28(13-9-23)43-33(22-32(42-43)36(2,3)4)41-35(45)40-27-7-5-6-26(20-27)30(24-16-18-39-19-17-24)21-31(44)25-10-14-29(15-11-25)46-34(37)38/h5-15,20,22,24,30,34,39H,16-19,21H2,1-4H3,(H2,40,41,45). The number of hydrogen-bond acceptors (Lipinski definition) is 5. The molecule has 1 atom stereocenters. The fraction of sp³-hybridized carbons (Fsp3) is 0.361. The van der Waals surface area contributed by atoms with Gasteiger partial charge in [0.05, 0.1) is 11.4 Å². The summed E-state index contributed by atoms with van der Waals surface area (Å²) in [7, 11) is 0. The number of aryl methyl sites for hydroxylation is 1. The van der Waals surface area contributed by atoms with E-state index in [1.54, 1.807) is 4.68 Å². The van der Waals surface area contributed by atoms with Gasteiger partial charge in [0, 0.05) is 29.2 Å². The largest absolute Gasteiger partial charge is 0.435 e. The lowest BCUT2D eigenvalue weighted by molar-refractivity contribution is -0.0498. The second-order valence-electron chi connectivity index (χ2n) is 12.8. The predicted octanol–water partition coefficient (Wildman–Crippen LogP) is 8.08. The van der Waals surface area contributed by atoms with Gasteiger partial charge in [-0.3, -0.25) is 10.1 Å². The predicted molar refractivity (Wildman–Crippen MR) is 176 cm³/mol. The summed E-state index contributed by atoms with van der Waals surface area (Å²) < 4.78 is 31.3. The number of aromatic nitrogens is 2. The zero-order chi connectivity index (χ0) is 32.8. The minimum absolute atomic E-state index is 0.00931. The molecule has 3 N–H and O–H groups in total. The fourth-order valence-corrected chi connectivity index (χ4v) is 5.79. The maximum absolute atomic E-state index is 13.4. The average Bonchev–Trinajstić information content (AvgIpc) is 3.45. The lowest BCUT2D eigenvalue weighted by Gasteiger charge is -2.31. The van der Waals surface area contributed by atoms with Gasteiger partial charge in [0.15, 0.2) is 5.78 Å². The van der Waals surface area contributed by atoms with Gasteiger partial charge in [0.2, 0.25) is 0 Å². The first kappa shape index (κ1) is 32.8. The highest BCUT2D eigenvalue weighted by molar-refractivity contribution is 5.99. The van der Waals surface area contributed by atoms with Crippen LogP contribution in [0.15, 0.2) is 78.9 Å². The van der Waals surface area contributed by atoms with Crippen molar-refractivity contribution < 1.29 is 23.1 Å². The molecule has 0 spiro atoms. The second kappa shape index (κ2) is 14.2. The van der Waals surface area contributed by atoms with Gasteiger partial charge in [0.1, 0.15) is 11.6 Å². The number of Topliss-reactive ketones (excluding diaryl/α,β-unsaturated/α-hetero) is 1. The van der Waals surface area contributed by atoms with E-state index < -0.39 is 12.6 Å². The number of piperidine rings is 1. The number of hydrogen-bond donors (Lipinski definition) is 3. The SMILES string of the molecule is Cc1ccc(-n2nc(C(C)(C)C)cc2NC(=O)Nc2cccc(C(CC(=O)c3ccc(OC(F)F)cc3)C3CCNCC3)c2)cc1. The highest BCUT2D eigenvalue weighted by Crippen LogP contribution is 2.36. The van der Waals surface area contributed by atoms with Crippen molar-refractivity contribution in [2.45, 2.75) is 64.9 Å². The first-order valence-corrected chi connectivity index (χ1v) is 15.6. The van der Waals surface area contributed by atoms with Crippen LogP contribution in [0.25, 0.3) is 5.69 Å². The van der Waals surface area contributed by atoms with E-state index in [1.165, 1.54) is 24.3 Å². The lowest BCUT2D eigenvalue weighted by Crippen LogP contribution is -2.31. The summed E-state index contributed by atoms with van der Waals surface area (Å²) in [5.41, 5.74) is 4.58. The van der Waals surface area contributed by atoms with Crippen LogP contribution in [0, 0.1) is 12.8 Å². The molecule has 1 aliphatic rings. The number of carbonyl (C=O) groups is 2. The lowest BCUT2D eigenvalue weighted by atomic mass is 9.77. The van der Waals surface area contributed by atoms with Crippen molar-refractivity contribution >= 4 is 23.3 Å². The molecule has 0 saturated carbocycles. The molecule has 1 aromatic heterocycles. The van der Waals surface area contributed by atoms with E-state index in [0.29, 0.717) is 17.1 Å². The van der Waals surface area contributed by atoms with Crippen molar-refractivity contribution in [3.63, 3.8) is 0 Å². The van der Waals surface area contributed by atoms with Crippen LogP contribution < -0.4 is 20.7 Å². The molecule has 4 aromatic rings. The van der Waals surface area contributed by atoms with E-state index in [4.69, 9.17) is 5.10 Å². The number of urea groups is 1. The number of ketones is 1. The second-order valence-corrected chi connectivity index (χ2v) is 12.8. The third-order valence-electron chi connectivity index (χ3n) is 8.33. The van der Waals surface area contributed by atoms with Crippen LogP contribution in [0.5, 0.6) is 5.75 Å². The van der Waals surface area contributed by atoms with Gasteiger partial charge in [-0.05, 0) is 98.8 Å². The number of nitrogens with one attached hydrogen (secondary N) is 3. The van der Waals surface area contributed by atoms with Gasteiger partial charge in [0.25, 0.3) is 0 Å². The molecule has 1 aliphatic heterocycles. The molecule has 2 heterocycles. The monoisotopic (exact) mass is 629 g/mol. The Balaban J connectivity index is 1.34. The fourth-order valence-electron chi connectivity index (χ4n) is 5.79. The Morgan fingerprint density at radius 3 is 2.33 bits per heavy atom. The third kappa shape index (κ3) is 8.37.